The summed E-state index contributed by atoms with van der Waals surface area (Å²) in [6, 6.07) is 0. The molecule has 0 aliphatic heterocycles. The zero-order valence-corrected chi connectivity index (χ0v) is 12.8. The smallest absolute Gasteiger partial charge is 0.313 e. The second-order valence-electron chi connectivity index (χ2n) is 4.77. The third kappa shape index (κ3) is 6.61. The largest absolute Gasteiger partial charge is 0.435 e. The Hall–Kier alpha value is -0.750. The number of hydrogen-bond donors (Lipinski definition) is 1. The highest BCUT2D eigenvalue weighted by molar-refractivity contribution is 5.85. The van der Waals surface area contributed by atoms with Gasteiger partial charge in [-0.05, 0) is 13.0 Å². The van der Waals surface area contributed by atoms with Gasteiger partial charge >= 0.3 is 6.18 Å². The fraction of sp³-hybridized carbons (Fsp3) is 0.769. The molecule has 20 heavy (non-hydrogen) atoms. The van der Waals surface area contributed by atoms with Crippen LogP contribution < -0.4 is 5.32 Å². The predicted molar refractivity (Wildman–Crippen MR) is 75.9 cm³/mol. The molecule has 0 spiro atoms. The lowest BCUT2D eigenvalue weighted by atomic mass is 10.1. The molecule has 1 heterocycles. The van der Waals surface area contributed by atoms with E-state index < -0.39 is 11.9 Å². The van der Waals surface area contributed by atoms with Gasteiger partial charge in [0.25, 0.3) is 0 Å². The molecule has 0 saturated heterocycles. The van der Waals surface area contributed by atoms with E-state index in [0.717, 1.165) is 19.4 Å². The second-order valence-corrected chi connectivity index (χ2v) is 4.77. The lowest BCUT2D eigenvalue weighted by Crippen LogP contribution is -2.18. The fourth-order valence-corrected chi connectivity index (χ4v) is 1.98. The average Bonchev–Trinajstić information content (AvgIpc) is 2.69. The van der Waals surface area contributed by atoms with Crippen LogP contribution in [0.5, 0.6) is 0 Å². The lowest BCUT2D eigenvalue weighted by molar-refractivity contribution is -0.142. The average molecular weight is 314 g/mol. The standard InChI is InChI=1S/C13H22F3N3.ClH/c1-3-4-5-6-7-8-17-9-11-10-19(2)18-12(11)13(14,15)16;/h10,17H,3-9H2,1-2H3;1H. The minimum Gasteiger partial charge on any atom is -0.313 e. The van der Waals surface area contributed by atoms with Gasteiger partial charge in [0.15, 0.2) is 5.69 Å². The van der Waals surface area contributed by atoms with Gasteiger partial charge in [0.1, 0.15) is 0 Å². The summed E-state index contributed by atoms with van der Waals surface area (Å²) >= 11 is 0. The molecule has 1 rings (SSSR count). The molecule has 0 amide bonds. The monoisotopic (exact) mass is 313 g/mol. The van der Waals surface area contributed by atoms with Gasteiger partial charge in [0.2, 0.25) is 0 Å². The van der Waals surface area contributed by atoms with Crippen molar-refractivity contribution in [3.8, 4) is 0 Å². The first kappa shape index (κ1) is 19.2. The highest BCUT2D eigenvalue weighted by atomic mass is 35.5. The summed E-state index contributed by atoms with van der Waals surface area (Å²) in [5, 5.41) is 6.52. The topological polar surface area (TPSA) is 29.9 Å². The van der Waals surface area contributed by atoms with Crippen molar-refractivity contribution in [2.24, 2.45) is 7.05 Å². The number of rotatable bonds is 8. The van der Waals surface area contributed by atoms with E-state index >= 15 is 0 Å². The van der Waals surface area contributed by atoms with Gasteiger partial charge < -0.3 is 5.32 Å². The molecule has 0 fully saturated rings. The molecule has 0 saturated carbocycles. The third-order valence-electron chi connectivity index (χ3n) is 2.95. The van der Waals surface area contributed by atoms with E-state index in [1.165, 1.54) is 37.2 Å². The number of halogens is 4. The van der Waals surface area contributed by atoms with Crippen LogP contribution in [-0.4, -0.2) is 16.3 Å². The number of aromatic nitrogens is 2. The molecule has 0 aliphatic rings. The summed E-state index contributed by atoms with van der Waals surface area (Å²) in [5.74, 6) is 0. The molecular formula is C13H23ClF3N3. The Bertz CT molecular complexity index is 377. The predicted octanol–water partition coefficient (Wildman–Crippen LogP) is 3.92. The molecule has 0 bridgehead atoms. The normalized spacial score (nSPS) is 11.4. The first-order chi connectivity index (χ1) is 8.95. The Morgan fingerprint density at radius 1 is 1.20 bits per heavy atom. The molecule has 0 atom stereocenters. The molecule has 3 nitrogen and oxygen atoms in total. The van der Waals surface area contributed by atoms with Crippen LogP contribution >= 0.6 is 12.4 Å². The van der Waals surface area contributed by atoms with Crippen LogP contribution in [0.25, 0.3) is 0 Å². The minimum atomic E-state index is -4.38. The van der Waals surface area contributed by atoms with E-state index in [4.69, 9.17) is 0 Å². The van der Waals surface area contributed by atoms with Crippen molar-refractivity contribution in [3.63, 3.8) is 0 Å². The number of aryl methyl sites for hydroxylation is 1. The van der Waals surface area contributed by atoms with Crippen LogP contribution in [0, 0.1) is 0 Å². The van der Waals surface area contributed by atoms with Crippen LogP contribution in [0.2, 0.25) is 0 Å². The van der Waals surface area contributed by atoms with Crippen LogP contribution in [0.1, 0.15) is 50.3 Å². The maximum absolute atomic E-state index is 12.7. The highest BCUT2D eigenvalue weighted by Crippen LogP contribution is 2.30. The molecule has 0 radical (unpaired) electrons. The number of nitrogens with one attached hydrogen (secondary N) is 1. The van der Waals surface area contributed by atoms with E-state index in [9.17, 15) is 13.2 Å². The summed E-state index contributed by atoms with van der Waals surface area (Å²) in [6.07, 6.45) is 2.78. The lowest BCUT2D eigenvalue weighted by Gasteiger charge is -2.07. The van der Waals surface area contributed by atoms with Crippen molar-refractivity contribution < 1.29 is 13.2 Å². The summed E-state index contributed by atoms with van der Waals surface area (Å²) in [4.78, 5) is 0. The van der Waals surface area contributed by atoms with Gasteiger partial charge in [-0.1, -0.05) is 32.6 Å². The third-order valence-corrected chi connectivity index (χ3v) is 2.95. The van der Waals surface area contributed by atoms with Crippen LogP contribution in [0.3, 0.4) is 0 Å². The molecule has 118 valence electrons. The first-order valence-electron chi connectivity index (χ1n) is 6.75. The van der Waals surface area contributed by atoms with Gasteiger partial charge in [0.05, 0.1) is 0 Å². The Kier molecular flexibility index (Phi) is 8.89. The Morgan fingerprint density at radius 3 is 2.45 bits per heavy atom. The van der Waals surface area contributed by atoms with Crippen molar-refractivity contribution in [1.82, 2.24) is 15.1 Å². The number of alkyl halides is 3. The molecule has 1 N–H and O–H groups in total. The van der Waals surface area contributed by atoms with E-state index in [-0.39, 0.29) is 24.5 Å². The van der Waals surface area contributed by atoms with Gasteiger partial charge in [-0.25, -0.2) is 0 Å². The minimum absolute atomic E-state index is 0. The van der Waals surface area contributed by atoms with E-state index in [2.05, 4.69) is 17.3 Å². The Balaban J connectivity index is 0.00000361. The van der Waals surface area contributed by atoms with E-state index in [0.29, 0.717) is 0 Å². The van der Waals surface area contributed by atoms with Gasteiger partial charge in [0, 0.05) is 25.4 Å². The van der Waals surface area contributed by atoms with Gasteiger partial charge in [-0.2, -0.15) is 18.3 Å². The summed E-state index contributed by atoms with van der Waals surface area (Å²) in [7, 11) is 1.50. The van der Waals surface area contributed by atoms with E-state index in [1.54, 1.807) is 0 Å². The fourth-order valence-electron chi connectivity index (χ4n) is 1.98. The van der Waals surface area contributed by atoms with Crippen molar-refractivity contribution in [3.05, 3.63) is 17.5 Å². The molecule has 1 aromatic rings. The maximum Gasteiger partial charge on any atom is 0.435 e. The van der Waals surface area contributed by atoms with Crippen LogP contribution in [0.4, 0.5) is 13.2 Å². The molecule has 0 aromatic carbocycles. The van der Waals surface area contributed by atoms with Crippen molar-refractivity contribution in [1.29, 1.82) is 0 Å². The van der Waals surface area contributed by atoms with Crippen LogP contribution in [0.15, 0.2) is 6.20 Å². The molecule has 1 aromatic heterocycles. The van der Waals surface area contributed by atoms with Crippen molar-refractivity contribution >= 4 is 12.4 Å². The highest BCUT2D eigenvalue weighted by Gasteiger charge is 2.36. The number of hydrogen-bond acceptors (Lipinski definition) is 2. The maximum atomic E-state index is 12.7. The van der Waals surface area contributed by atoms with Crippen molar-refractivity contribution in [2.45, 2.75) is 51.7 Å². The molecule has 7 heteroatoms. The summed E-state index contributed by atoms with van der Waals surface area (Å²) < 4.78 is 39.2. The van der Waals surface area contributed by atoms with Crippen molar-refractivity contribution in [2.75, 3.05) is 6.54 Å². The number of unbranched alkanes of at least 4 members (excludes halogenated alkanes) is 4. The zero-order valence-electron chi connectivity index (χ0n) is 12.0. The van der Waals surface area contributed by atoms with E-state index in [1.807, 2.05) is 0 Å². The first-order valence-corrected chi connectivity index (χ1v) is 6.75. The van der Waals surface area contributed by atoms with Gasteiger partial charge in [-0.15, -0.1) is 12.4 Å². The quantitative estimate of drug-likeness (QED) is 0.737. The molecule has 0 unspecified atom stereocenters. The second kappa shape index (κ2) is 9.23. The molecular weight excluding hydrogens is 291 g/mol. The Morgan fingerprint density at radius 2 is 1.85 bits per heavy atom. The Labute approximate surface area is 124 Å². The van der Waals surface area contributed by atoms with Gasteiger partial charge in [-0.3, -0.25) is 4.68 Å². The summed E-state index contributed by atoms with van der Waals surface area (Å²) in [5.41, 5.74) is -0.572. The zero-order chi connectivity index (χ0) is 14.3. The van der Waals surface area contributed by atoms with Crippen LogP contribution in [-0.2, 0) is 19.8 Å². The number of nitrogens with zero attached hydrogens (tertiary/aromatic N) is 2. The summed E-state index contributed by atoms with van der Waals surface area (Å²) in [6.45, 7) is 3.12. The molecule has 0 aliphatic carbocycles. The SMILES string of the molecule is CCCCCCCNCc1cn(C)nc1C(F)(F)F.Cl.